The second-order valence-corrected chi connectivity index (χ2v) is 7.04. The van der Waals surface area contributed by atoms with Crippen LogP contribution < -0.4 is 5.32 Å². The van der Waals surface area contributed by atoms with Gasteiger partial charge in [-0.05, 0) is 43.5 Å². The van der Waals surface area contributed by atoms with Crippen molar-refractivity contribution in [3.63, 3.8) is 0 Å². The molecule has 1 N–H and O–H groups in total. The molecular weight excluding hydrogens is 322 g/mol. The molecule has 0 spiro atoms. The fourth-order valence-electron chi connectivity index (χ4n) is 2.70. The van der Waals surface area contributed by atoms with Gasteiger partial charge in [-0.15, -0.1) is 0 Å². The average Bonchev–Trinajstić information content (AvgIpc) is 3.08. The molecule has 1 heterocycles. The van der Waals surface area contributed by atoms with E-state index in [0.29, 0.717) is 11.6 Å². The van der Waals surface area contributed by atoms with Gasteiger partial charge in [0.05, 0.1) is 11.4 Å². The van der Waals surface area contributed by atoms with Crippen LogP contribution >= 0.6 is 0 Å². The predicted octanol–water partition coefficient (Wildman–Crippen LogP) is 4.62. The lowest BCUT2D eigenvalue weighted by molar-refractivity contribution is 0.0922. The van der Waals surface area contributed by atoms with Gasteiger partial charge >= 0.3 is 0 Å². The SMILES string of the molecule is Cc1cccc(-n2nc(-c3ccccc3)cc2C(=O)N[C@H](C)C(C)C)c1. The van der Waals surface area contributed by atoms with Gasteiger partial charge < -0.3 is 5.32 Å². The number of nitrogens with one attached hydrogen (secondary N) is 1. The maximum Gasteiger partial charge on any atom is 0.270 e. The molecule has 0 radical (unpaired) electrons. The lowest BCUT2D eigenvalue weighted by atomic mass is 10.1. The van der Waals surface area contributed by atoms with Crippen molar-refractivity contribution in [3.05, 3.63) is 71.9 Å². The van der Waals surface area contributed by atoms with Crippen LogP contribution in [0.4, 0.5) is 0 Å². The van der Waals surface area contributed by atoms with E-state index in [1.54, 1.807) is 4.68 Å². The zero-order valence-corrected chi connectivity index (χ0v) is 15.7. The first-order valence-electron chi connectivity index (χ1n) is 8.99. The second-order valence-electron chi connectivity index (χ2n) is 7.04. The molecule has 0 fully saturated rings. The third kappa shape index (κ3) is 3.85. The Hall–Kier alpha value is -2.88. The average molecular weight is 347 g/mol. The van der Waals surface area contributed by atoms with Gasteiger partial charge in [-0.1, -0.05) is 56.3 Å². The fourth-order valence-corrected chi connectivity index (χ4v) is 2.70. The molecule has 0 aliphatic heterocycles. The summed E-state index contributed by atoms with van der Waals surface area (Å²) in [5.74, 6) is 0.255. The Balaban J connectivity index is 2.06. The topological polar surface area (TPSA) is 46.9 Å². The zero-order valence-electron chi connectivity index (χ0n) is 15.7. The van der Waals surface area contributed by atoms with E-state index in [0.717, 1.165) is 22.5 Å². The van der Waals surface area contributed by atoms with Gasteiger partial charge in [0.1, 0.15) is 5.69 Å². The quantitative estimate of drug-likeness (QED) is 0.732. The van der Waals surface area contributed by atoms with Crippen LogP contribution in [0.5, 0.6) is 0 Å². The van der Waals surface area contributed by atoms with Crippen LogP contribution in [0, 0.1) is 12.8 Å². The molecule has 0 aliphatic carbocycles. The number of hydrogen-bond donors (Lipinski definition) is 1. The van der Waals surface area contributed by atoms with E-state index >= 15 is 0 Å². The summed E-state index contributed by atoms with van der Waals surface area (Å²) < 4.78 is 1.73. The second kappa shape index (κ2) is 7.56. The molecular formula is C22H25N3O. The first kappa shape index (κ1) is 17.9. The molecule has 0 bridgehead atoms. The monoisotopic (exact) mass is 347 g/mol. The molecule has 0 saturated carbocycles. The highest BCUT2D eigenvalue weighted by molar-refractivity contribution is 5.94. The first-order chi connectivity index (χ1) is 12.5. The van der Waals surface area contributed by atoms with Gasteiger partial charge in [0.15, 0.2) is 0 Å². The number of aryl methyl sites for hydroxylation is 1. The molecule has 0 saturated heterocycles. The Labute approximate surface area is 154 Å². The number of carbonyl (C=O) groups excluding carboxylic acids is 1. The first-order valence-corrected chi connectivity index (χ1v) is 8.99. The van der Waals surface area contributed by atoms with Crippen molar-refractivity contribution >= 4 is 5.91 Å². The Morgan fingerprint density at radius 2 is 1.73 bits per heavy atom. The van der Waals surface area contributed by atoms with E-state index in [4.69, 9.17) is 5.10 Å². The van der Waals surface area contributed by atoms with Crippen LogP contribution in [0.25, 0.3) is 16.9 Å². The van der Waals surface area contributed by atoms with Crippen LogP contribution in [-0.2, 0) is 0 Å². The molecule has 1 amide bonds. The van der Waals surface area contributed by atoms with E-state index in [2.05, 4.69) is 19.2 Å². The minimum Gasteiger partial charge on any atom is -0.348 e. The normalized spacial score (nSPS) is 12.2. The number of aromatic nitrogens is 2. The van der Waals surface area contributed by atoms with Gasteiger partial charge in [-0.2, -0.15) is 5.10 Å². The summed E-state index contributed by atoms with van der Waals surface area (Å²) in [6.45, 7) is 8.25. The van der Waals surface area contributed by atoms with E-state index in [9.17, 15) is 4.79 Å². The highest BCUT2D eigenvalue weighted by atomic mass is 16.2. The third-order valence-corrected chi connectivity index (χ3v) is 4.62. The fraction of sp³-hybridized carbons (Fsp3) is 0.273. The standard InChI is InChI=1S/C22H25N3O/c1-15(2)17(4)23-22(26)21-14-20(18-10-6-5-7-11-18)24-25(21)19-12-8-9-16(3)13-19/h5-15,17H,1-4H3,(H,23,26)/t17-/m1/s1. The zero-order chi connectivity index (χ0) is 18.7. The lowest BCUT2D eigenvalue weighted by Crippen LogP contribution is -2.37. The molecule has 0 unspecified atom stereocenters. The summed E-state index contributed by atoms with van der Waals surface area (Å²) >= 11 is 0. The number of amides is 1. The smallest absolute Gasteiger partial charge is 0.270 e. The van der Waals surface area contributed by atoms with Crippen molar-refractivity contribution in [2.45, 2.75) is 33.7 Å². The van der Waals surface area contributed by atoms with E-state index in [-0.39, 0.29) is 11.9 Å². The minimum absolute atomic E-state index is 0.0866. The third-order valence-electron chi connectivity index (χ3n) is 4.62. The number of nitrogens with zero attached hydrogens (tertiary/aromatic N) is 2. The summed E-state index contributed by atoms with van der Waals surface area (Å²) in [6.07, 6.45) is 0. The number of hydrogen-bond acceptors (Lipinski definition) is 2. The summed E-state index contributed by atoms with van der Waals surface area (Å²) in [5.41, 5.74) is 4.33. The van der Waals surface area contributed by atoms with Crippen LogP contribution in [-0.4, -0.2) is 21.7 Å². The summed E-state index contributed by atoms with van der Waals surface area (Å²) in [7, 11) is 0. The highest BCUT2D eigenvalue weighted by Gasteiger charge is 2.20. The molecule has 0 aliphatic rings. The minimum atomic E-state index is -0.109. The van der Waals surface area contributed by atoms with Gasteiger partial charge in [0.25, 0.3) is 5.91 Å². The summed E-state index contributed by atoms with van der Waals surface area (Å²) in [6, 6.07) is 19.9. The Morgan fingerprint density at radius 1 is 1.00 bits per heavy atom. The molecule has 1 atom stereocenters. The van der Waals surface area contributed by atoms with Gasteiger partial charge in [0.2, 0.25) is 0 Å². The van der Waals surface area contributed by atoms with E-state index < -0.39 is 0 Å². The highest BCUT2D eigenvalue weighted by Crippen LogP contribution is 2.22. The van der Waals surface area contributed by atoms with E-state index in [1.165, 1.54) is 0 Å². The van der Waals surface area contributed by atoms with Gasteiger partial charge in [-0.25, -0.2) is 4.68 Å². The Kier molecular flexibility index (Phi) is 5.21. The number of rotatable bonds is 5. The van der Waals surface area contributed by atoms with Crippen LogP contribution in [0.15, 0.2) is 60.7 Å². The predicted molar refractivity (Wildman–Crippen MR) is 106 cm³/mol. The molecule has 3 rings (SSSR count). The molecule has 1 aromatic heterocycles. The maximum atomic E-state index is 12.9. The molecule has 4 heteroatoms. The van der Waals surface area contributed by atoms with Crippen molar-refractivity contribution in [1.82, 2.24) is 15.1 Å². The number of benzene rings is 2. The van der Waals surface area contributed by atoms with Crippen molar-refractivity contribution < 1.29 is 4.79 Å². The molecule has 26 heavy (non-hydrogen) atoms. The van der Waals surface area contributed by atoms with Crippen LogP contribution in [0.3, 0.4) is 0 Å². The van der Waals surface area contributed by atoms with Crippen molar-refractivity contribution in [3.8, 4) is 16.9 Å². The van der Waals surface area contributed by atoms with Crippen molar-refractivity contribution in [2.75, 3.05) is 0 Å². The molecule has 3 aromatic rings. The van der Waals surface area contributed by atoms with E-state index in [1.807, 2.05) is 74.5 Å². The largest absolute Gasteiger partial charge is 0.348 e. The van der Waals surface area contributed by atoms with Gasteiger partial charge in [0, 0.05) is 11.6 Å². The Morgan fingerprint density at radius 3 is 2.38 bits per heavy atom. The molecule has 134 valence electrons. The Bertz CT molecular complexity index is 897. The van der Waals surface area contributed by atoms with Gasteiger partial charge in [-0.3, -0.25) is 4.79 Å². The van der Waals surface area contributed by atoms with Crippen LogP contribution in [0.1, 0.15) is 36.8 Å². The van der Waals surface area contributed by atoms with Crippen molar-refractivity contribution in [1.29, 1.82) is 0 Å². The number of carbonyl (C=O) groups is 1. The maximum absolute atomic E-state index is 12.9. The van der Waals surface area contributed by atoms with Crippen LogP contribution in [0.2, 0.25) is 0 Å². The lowest BCUT2D eigenvalue weighted by Gasteiger charge is -2.17. The summed E-state index contributed by atoms with van der Waals surface area (Å²) in [4.78, 5) is 12.9. The summed E-state index contributed by atoms with van der Waals surface area (Å²) in [5, 5.41) is 7.81. The van der Waals surface area contributed by atoms with Crippen molar-refractivity contribution in [2.24, 2.45) is 5.92 Å². The molecule has 4 nitrogen and oxygen atoms in total. The molecule has 2 aromatic carbocycles.